The SMILES string of the molecule is C[C@H]1CC(Nc2cccc([N+](=O)[O-])c2)c2ccsc2S1. The van der Waals surface area contributed by atoms with Crippen LogP contribution in [0.5, 0.6) is 0 Å². The monoisotopic (exact) mass is 306 g/mol. The number of non-ortho nitro benzene ring substituents is 1. The summed E-state index contributed by atoms with van der Waals surface area (Å²) in [5.74, 6) is 0. The number of nitro benzene ring substituents is 1. The molecule has 1 aromatic carbocycles. The van der Waals surface area contributed by atoms with E-state index in [9.17, 15) is 10.1 Å². The molecule has 0 saturated carbocycles. The van der Waals surface area contributed by atoms with E-state index in [0.29, 0.717) is 5.25 Å². The molecular weight excluding hydrogens is 292 g/mol. The Kier molecular flexibility index (Phi) is 3.67. The lowest BCUT2D eigenvalue weighted by molar-refractivity contribution is -0.384. The smallest absolute Gasteiger partial charge is 0.271 e. The molecule has 6 heteroatoms. The quantitative estimate of drug-likeness (QED) is 0.660. The molecule has 0 radical (unpaired) electrons. The number of nitrogens with zero attached hydrogens (tertiary/aromatic N) is 1. The second kappa shape index (κ2) is 5.46. The molecule has 2 aromatic rings. The Morgan fingerprint density at radius 2 is 2.25 bits per heavy atom. The molecule has 0 spiro atoms. The average Bonchev–Trinajstić information content (AvgIpc) is 2.87. The molecule has 0 amide bonds. The second-order valence-electron chi connectivity index (χ2n) is 4.83. The predicted octanol–water partition coefficient (Wildman–Crippen LogP) is 4.69. The van der Waals surface area contributed by atoms with E-state index in [4.69, 9.17) is 0 Å². The summed E-state index contributed by atoms with van der Waals surface area (Å²) in [4.78, 5) is 10.5. The largest absolute Gasteiger partial charge is 0.378 e. The summed E-state index contributed by atoms with van der Waals surface area (Å²) in [6.07, 6.45) is 1.02. The molecule has 0 bridgehead atoms. The van der Waals surface area contributed by atoms with Crippen LogP contribution in [0.15, 0.2) is 39.9 Å². The number of thiophene rings is 1. The topological polar surface area (TPSA) is 55.2 Å². The molecule has 4 nitrogen and oxygen atoms in total. The summed E-state index contributed by atoms with van der Waals surface area (Å²) in [7, 11) is 0. The van der Waals surface area contributed by atoms with Gasteiger partial charge in [0.1, 0.15) is 0 Å². The van der Waals surface area contributed by atoms with Crippen LogP contribution in [-0.4, -0.2) is 10.2 Å². The molecular formula is C14H14N2O2S2. The van der Waals surface area contributed by atoms with Gasteiger partial charge >= 0.3 is 0 Å². The fourth-order valence-corrected chi connectivity index (χ4v) is 4.96. The fraction of sp³-hybridized carbons (Fsp3) is 0.286. The van der Waals surface area contributed by atoms with E-state index in [1.807, 2.05) is 17.8 Å². The minimum Gasteiger partial charge on any atom is -0.378 e. The molecule has 1 N–H and O–H groups in total. The molecule has 3 rings (SSSR count). The molecule has 1 aliphatic heterocycles. The van der Waals surface area contributed by atoms with Crippen molar-refractivity contribution < 1.29 is 4.92 Å². The molecule has 1 unspecified atom stereocenters. The lowest BCUT2D eigenvalue weighted by atomic mass is 10.0. The first-order chi connectivity index (χ1) is 9.63. The minimum atomic E-state index is -0.361. The van der Waals surface area contributed by atoms with Gasteiger partial charge in [0, 0.05) is 23.1 Å². The summed E-state index contributed by atoms with van der Waals surface area (Å²) < 4.78 is 1.35. The average molecular weight is 306 g/mol. The van der Waals surface area contributed by atoms with Gasteiger partial charge in [0.25, 0.3) is 5.69 Å². The van der Waals surface area contributed by atoms with Crippen molar-refractivity contribution in [1.29, 1.82) is 0 Å². The molecule has 0 aliphatic carbocycles. The van der Waals surface area contributed by atoms with Crippen LogP contribution in [0.2, 0.25) is 0 Å². The summed E-state index contributed by atoms with van der Waals surface area (Å²) in [5.41, 5.74) is 2.24. The number of fused-ring (bicyclic) bond motifs is 1. The van der Waals surface area contributed by atoms with Crippen molar-refractivity contribution in [3.63, 3.8) is 0 Å². The first-order valence-electron chi connectivity index (χ1n) is 6.38. The highest BCUT2D eigenvalue weighted by molar-refractivity contribution is 8.01. The van der Waals surface area contributed by atoms with Gasteiger partial charge in [-0.05, 0) is 29.5 Å². The van der Waals surface area contributed by atoms with Gasteiger partial charge in [-0.1, -0.05) is 13.0 Å². The van der Waals surface area contributed by atoms with Crippen molar-refractivity contribution in [3.05, 3.63) is 51.4 Å². The van der Waals surface area contributed by atoms with Crippen molar-refractivity contribution >= 4 is 34.5 Å². The van der Waals surface area contributed by atoms with E-state index < -0.39 is 0 Å². The van der Waals surface area contributed by atoms with Crippen molar-refractivity contribution in [2.45, 2.75) is 28.8 Å². The zero-order valence-corrected chi connectivity index (χ0v) is 12.5. The number of hydrogen-bond acceptors (Lipinski definition) is 5. The van der Waals surface area contributed by atoms with Gasteiger partial charge in [0.15, 0.2) is 0 Å². The zero-order chi connectivity index (χ0) is 14.1. The first kappa shape index (κ1) is 13.5. The van der Waals surface area contributed by atoms with Crippen LogP contribution in [0.4, 0.5) is 11.4 Å². The fourth-order valence-electron chi connectivity index (χ4n) is 2.40. The number of nitrogens with one attached hydrogen (secondary N) is 1. The van der Waals surface area contributed by atoms with Gasteiger partial charge in [0.2, 0.25) is 0 Å². The molecule has 104 valence electrons. The third-order valence-electron chi connectivity index (χ3n) is 3.31. The molecule has 1 aromatic heterocycles. The molecule has 2 atom stereocenters. The third-order valence-corrected chi connectivity index (χ3v) is 5.65. The van der Waals surface area contributed by atoms with E-state index in [2.05, 4.69) is 23.7 Å². The van der Waals surface area contributed by atoms with E-state index in [1.165, 1.54) is 15.8 Å². The van der Waals surface area contributed by atoms with E-state index in [0.717, 1.165) is 12.1 Å². The predicted molar refractivity (Wildman–Crippen MR) is 83.7 cm³/mol. The van der Waals surface area contributed by atoms with E-state index in [-0.39, 0.29) is 16.7 Å². The molecule has 0 saturated heterocycles. The van der Waals surface area contributed by atoms with E-state index in [1.54, 1.807) is 23.5 Å². The Bertz CT molecular complexity index is 642. The first-order valence-corrected chi connectivity index (χ1v) is 8.14. The molecule has 1 aliphatic rings. The maximum absolute atomic E-state index is 10.8. The maximum atomic E-state index is 10.8. The maximum Gasteiger partial charge on any atom is 0.271 e. The number of thioether (sulfide) groups is 1. The van der Waals surface area contributed by atoms with Crippen LogP contribution in [0.3, 0.4) is 0 Å². The van der Waals surface area contributed by atoms with Crippen LogP contribution >= 0.6 is 23.1 Å². The number of anilines is 1. The van der Waals surface area contributed by atoms with Crippen LogP contribution in [0, 0.1) is 10.1 Å². The Labute approximate surface area is 125 Å². The van der Waals surface area contributed by atoms with Gasteiger partial charge in [-0.2, -0.15) is 0 Å². The Hall–Kier alpha value is -1.53. The Balaban J connectivity index is 1.85. The molecule has 20 heavy (non-hydrogen) atoms. The number of nitro groups is 1. The van der Waals surface area contributed by atoms with Crippen LogP contribution < -0.4 is 5.32 Å². The van der Waals surface area contributed by atoms with Gasteiger partial charge < -0.3 is 5.32 Å². The summed E-state index contributed by atoms with van der Waals surface area (Å²) in [6, 6.07) is 9.09. The number of hydrogen-bond donors (Lipinski definition) is 1. The molecule has 0 fully saturated rings. The van der Waals surface area contributed by atoms with Gasteiger partial charge in [-0.3, -0.25) is 10.1 Å². The van der Waals surface area contributed by atoms with Gasteiger partial charge in [0.05, 0.1) is 15.2 Å². The molecule has 2 heterocycles. The van der Waals surface area contributed by atoms with E-state index >= 15 is 0 Å². The van der Waals surface area contributed by atoms with Crippen LogP contribution in [0.25, 0.3) is 0 Å². The summed E-state index contributed by atoms with van der Waals surface area (Å²) in [6.45, 7) is 2.22. The highest BCUT2D eigenvalue weighted by Gasteiger charge is 2.26. The standard InChI is InChI=1S/C14H14N2O2S2/c1-9-7-13(12-5-6-19-14(12)20-9)15-10-3-2-4-11(8-10)16(17)18/h2-6,8-9,13,15H,7H2,1H3/t9-,13?/m0/s1. The number of benzene rings is 1. The summed E-state index contributed by atoms with van der Waals surface area (Å²) in [5, 5.41) is 16.9. The highest BCUT2D eigenvalue weighted by atomic mass is 32.2. The summed E-state index contributed by atoms with van der Waals surface area (Å²) >= 11 is 3.68. The Morgan fingerprint density at radius 3 is 3.05 bits per heavy atom. The minimum absolute atomic E-state index is 0.124. The van der Waals surface area contributed by atoms with Gasteiger partial charge in [-0.15, -0.1) is 23.1 Å². The van der Waals surface area contributed by atoms with Gasteiger partial charge in [-0.25, -0.2) is 0 Å². The van der Waals surface area contributed by atoms with Crippen molar-refractivity contribution in [1.82, 2.24) is 0 Å². The third kappa shape index (κ3) is 2.66. The highest BCUT2D eigenvalue weighted by Crippen LogP contribution is 2.45. The second-order valence-corrected chi connectivity index (χ2v) is 7.46. The van der Waals surface area contributed by atoms with Crippen molar-refractivity contribution in [2.24, 2.45) is 0 Å². The van der Waals surface area contributed by atoms with Crippen LogP contribution in [-0.2, 0) is 0 Å². The number of rotatable bonds is 3. The lowest BCUT2D eigenvalue weighted by Crippen LogP contribution is -2.18. The van der Waals surface area contributed by atoms with Crippen molar-refractivity contribution in [3.8, 4) is 0 Å². The zero-order valence-electron chi connectivity index (χ0n) is 10.9. The normalized spacial score (nSPS) is 21.2. The van der Waals surface area contributed by atoms with Crippen LogP contribution in [0.1, 0.15) is 24.9 Å². The lowest BCUT2D eigenvalue weighted by Gasteiger charge is -2.28. The van der Waals surface area contributed by atoms with Crippen molar-refractivity contribution in [2.75, 3.05) is 5.32 Å². The Morgan fingerprint density at radius 1 is 1.40 bits per heavy atom.